The van der Waals surface area contributed by atoms with Crippen LogP contribution < -0.4 is 4.74 Å². The average Bonchev–Trinajstić information content (AvgIpc) is 2.25. The van der Waals surface area contributed by atoms with Gasteiger partial charge in [-0.15, -0.1) is 0 Å². The highest BCUT2D eigenvalue weighted by Crippen LogP contribution is 2.15. The smallest absolute Gasteiger partial charge is 0.278 e. The number of aromatic nitrogens is 1. The summed E-state index contributed by atoms with van der Waals surface area (Å²) in [6.07, 6.45) is 1.71. The minimum absolute atomic E-state index is 0.0418. The van der Waals surface area contributed by atoms with E-state index in [-0.39, 0.29) is 11.7 Å². The highest BCUT2D eigenvalue weighted by atomic mass is 19.3. The molecule has 0 radical (unpaired) electrons. The molecule has 0 unspecified atom stereocenters. The van der Waals surface area contributed by atoms with Gasteiger partial charge in [-0.2, -0.15) is 0 Å². The van der Waals surface area contributed by atoms with Crippen LogP contribution >= 0.6 is 0 Å². The molecule has 0 N–H and O–H groups in total. The lowest BCUT2D eigenvalue weighted by Crippen LogP contribution is -2.21. The Labute approximate surface area is 92.4 Å². The molecule has 0 amide bonds. The number of nitrogens with zero attached hydrogens (tertiary/aromatic N) is 1. The van der Waals surface area contributed by atoms with Gasteiger partial charge in [-0.1, -0.05) is 6.92 Å². The molecule has 1 heterocycles. The molecule has 3 nitrogen and oxygen atoms in total. The zero-order valence-electron chi connectivity index (χ0n) is 9.17. The van der Waals surface area contributed by atoms with Crippen molar-refractivity contribution in [3.8, 4) is 5.88 Å². The molecule has 0 aromatic carbocycles. The summed E-state index contributed by atoms with van der Waals surface area (Å²) in [5.41, 5.74) is 0.457. The third-order valence-electron chi connectivity index (χ3n) is 1.85. The topological polar surface area (TPSA) is 39.2 Å². The first kappa shape index (κ1) is 12.5. The molecule has 1 aromatic heterocycles. The van der Waals surface area contributed by atoms with Crippen LogP contribution in [0, 0.1) is 0 Å². The maximum absolute atomic E-state index is 12.5. The summed E-state index contributed by atoms with van der Waals surface area (Å²) in [6.45, 7) is 1.79. The van der Waals surface area contributed by atoms with Crippen LogP contribution in [0.1, 0.15) is 30.6 Å². The van der Waals surface area contributed by atoms with Crippen LogP contribution in [0.15, 0.2) is 18.3 Å². The van der Waals surface area contributed by atoms with Gasteiger partial charge in [0.05, 0.1) is 0 Å². The van der Waals surface area contributed by atoms with Gasteiger partial charge >= 0.3 is 0 Å². The SMILES string of the molecule is CCC(=O)c1ccc(OCC(C)(F)F)nc1. The maximum Gasteiger partial charge on any atom is 0.278 e. The second-order valence-corrected chi connectivity index (χ2v) is 3.52. The van der Waals surface area contributed by atoms with Crippen LogP contribution in [0.4, 0.5) is 8.78 Å². The Morgan fingerprint density at radius 1 is 1.50 bits per heavy atom. The minimum Gasteiger partial charge on any atom is -0.471 e. The molecule has 0 bridgehead atoms. The molecule has 5 heteroatoms. The zero-order chi connectivity index (χ0) is 12.2. The number of hydrogen-bond acceptors (Lipinski definition) is 3. The lowest BCUT2D eigenvalue weighted by Gasteiger charge is -2.11. The van der Waals surface area contributed by atoms with Crippen molar-refractivity contribution in [3.05, 3.63) is 23.9 Å². The molecule has 1 rings (SSSR count). The van der Waals surface area contributed by atoms with Crippen molar-refractivity contribution in [3.63, 3.8) is 0 Å². The Morgan fingerprint density at radius 3 is 2.62 bits per heavy atom. The number of rotatable bonds is 5. The molecular weight excluding hydrogens is 216 g/mol. The number of carbonyl (C=O) groups is 1. The fourth-order valence-corrected chi connectivity index (χ4v) is 1.04. The molecule has 0 saturated heterocycles. The number of ketones is 1. The van der Waals surface area contributed by atoms with Crippen molar-refractivity contribution in [1.29, 1.82) is 0 Å². The summed E-state index contributed by atoms with van der Waals surface area (Å²) in [5, 5.41) is 0. The predicted molar refractivity (Wildman–Crippen MR) is 55.0 cm³/mol. The summed E-state index contributed by atoms with van der Waals surface area (Å²) in [4.78, 5) is 15.0. The molecule has 0 fully saturated rings. The van der Waals surface area contributed by atoms with Gasteiger partial charge in [-0.3, -0.25) is 4.79 Å². The second kappa shape index (κ2) is 5.01. The number of carbonyl (C=O) groups excluding carboxylic acids is 1. The monoisotopic (exact) mass is 229 g/mol. The lowest BCUT2D eigenvalue weighted by molar-refractivity contribution is -0.0242. The van der Waals surface area contributed by atoms with Crippen molar-refractivity contribution in [1.82, 2.24) is 4.98 Å². The van der Waals surface area contributed by atoms with Crippen molar-refractivity contribution < 1.29 is 18.3 Å². The van der Waals surface area contributed by atoms with Crippen molar-refractivity contribution in [2.24, 2.45) is 0 Å². The van der Waals surface area contributed by atoms with E-state index in [1.807, 2.05) is 0 Å². The van der Waals surface area contributed by atoms with Gasteiger partial charge < -0.3 is 4.74 Å². The standard InChI is InChI=1S/C11H13F2NO2/c1-3-9(15)8-4-5-10(14-6-8)16-7-11(2,12)13/h4-6H,3,7H2,1-2H3. The Bertz CT molecular complexity index is 357. The van der Waals surface area contributed by atoms with Gasteiger partial charge in [0.15, 0.2) is 12.4 Å². The van der Waals surface area contributed by atoms with E-state index in [9.17, 15) is 13.6 Å². The third-order valence-corrected chi connectivity index (χ3v) is 1.85. The molecule has 0 aliphatic carbocycles. The molecule has 16 heavy (non-hydrogen) atoms. The lowest BCUT2D eigenvalue weighted by atomic mass is 10.1. The van der Waals surface area contributed by atoms with Gasteiger partial charge in [0.1, 0.15) is 0 Å². The first-order valence-corrected chi connectivity index (χ1v) is 4.92. The molecule has 1 aromatic rings. The van der Waals surface area contributed by atoms with E-state index in [1.165, 1.54) is 18.3 Å². The Hall–Kier alpha value is -1.52. The summed E-state index contributed by atoms with van der Waals surface area (Å²) in [6, 6.07) is 2.93. The van der Waals surface area contributed by atoms with Gasteiger partial charge in [-0.25, -0.2) is 13.8 Å². The highest BCUT2D eigenvalue weighted by molar-refractivity contribution is 5.95. The van der Waals surface area contributed by atoms with E-state index < -0.39 is 12.5 Å². The summed E-state index contributed by atoms with van der Waals surface area (Å²) in [7, 11) is 0. The van der Waals surface area contributed by atoms with Gasteiger partial charge in [0.2, 0.25) is 5.88 Å². The van der Waals surface area contributed by atoms with Crippen LogP contribution in [-0.2, 0) is 0 Å². The molecule has 0 spiro atoms. The van der Waals surface area contributed by atoms with Crippen LogP contribution in [0.2, 0.25) is 0 Å². The fraction of sp³-hybridized carbons (Fsp3) is 0.455. The molecule has 0 aliphatic rings. The number of alkyl halides is 2. The van der Waals surface area contributed by atoms with Crippen LogP contribution in [0.25, 0.3) is 0 Å². The maximum atomic E-state index is 12.5. The zero-order valence-corrected chi connectivity index (χ0v) is 9.17. The van der Waals surface area contributed by atoms with Crippen molar-refractivity contribution >= 4 is 5.78 Å². The molecule has 88 valence electrons. The Morgan fingerprint density at radius 2 is 2.19 bits per heavy atom. The van der Waals surface area contributed by atoms with E-state index in [4.69, 9.17) is 4.74 Å². The summed E-state index contributed by atoms with van der Waals surface area (Å²) < 4.78 is 29.7. The molecule has 0 atom stereocenters. The average molecular weight is 229 g/mol. The van der Waals surface area contributed by atoms with E-state index in [0.717, 1.165) is 6.92 Å². The number of hydrogen-bond donors (Lipinski definition) is 0. The highest BCUT2D eigenvalue weighted by Gasteiger charge is 2.22. The number of Topliss-reactive ketones (excluding diaryl/α,β-unsaturated/α-hetero) is 1. The van der Waals surface area contributed by atoms with Gasteiger partial charge in [0, 0.05) is 31.2 Å². The normalized spacial score (nSPS) is 11.2. The second-order valence-electron chi connectivity index (χ2n) is 3.52. The number of pyridine rings is 1. The largest absolute Gasteiger partial charge is 0.471 e. The van der Waals surface area contributed by atoms with Crippen molar-refractivity contribution in [2.75, 3.05) is 6.61 Å². The van der Waals surface area contributed by atoms with Crippen molar-refractivity contribution in [2.45, 2.75) is 26.2 Å². The van der Waals surface area contributed by atoms with E-state index >= 15 is 0 Å². The number of ether oxygens (including phenoxy) is 1. The van der Waals surface area contributed by atoms with Crippen LogP contribution in [-0.4, -0.2) is 23.3 Å². The van der Waals surface area contributed by atoms with E-state index in [0.29, 0.717) is 12.0 Å². The Kier molecular flexibility index (Phi) is 3.93. The predicted octanol–water partition coefficient (Wildman–Crippen LogP) is 2.71. The van der Waals surface area contributed by atoms with Gasteiger partial charge in [-0.05, 0) is 6.07 Å². The fourth-order valence-electron chi connectivity index (χ4n) is 1.04. The van der Waals surface area contributed by atoms with E-state index in [2.05, 4.69) is 4.98 Å². The Balaban J connectivity index is 2.62. The first-order chi connectivity index (χ1) is 7.42. The minimum atomic E-state index is -2.89. The third kappa shape index (κ3) is 3.92. The summed E-state index contributed by atoms with van der Waals surface area (Å²) >= 11 is 0. The van der Waals surface area contributed by atoms with Crippen LogP contribution in [0.3, 0.4) is 0 Å². The van der Waals surface area contributed by atoms with Crippen LogP contribution in [0.5, 0.6) is 5.88 Å². The molecular formula is C11H13F2NO2. The van der Waals surface area contributed by atoms with E-state index in [1.54, 1.807) is 6.92 Å². The van der Waals surface area contributed by atoms with Gasteiger partial charge in [0.25, 0.3) is 5.92 Å². The summed E-state index contributed by atoms with van der Waals surface area (Å²) in [5.74, 6) is -2.84. The number of halogens is 2. The quantitative estimate of drug-likeness (QED) is 0.729. The molecule has 0 saturated carbocycles. The first-order valence-electron chi connectivity index (χ1n) is 4.92. The molecule has 0 aliphatic heterocycles.